The second kappa shape index (κ2) is 8.95. The summed E-state index contributed by atoms with van der Waals surface area (Å²) in [5.41, 5.74) is 0.898. The molecule has 0 spiro atoms. The van der Waals surface area contributed by atoms with Gasteiger partial charge in [-0.15, -0.1) is 0 Å². The Morgan fingerprint density at radius 3 is 2.35 bits per heavy atom. The minimum absolute atomic E-state index is 0.0567. The first-order chi connectivity index (χ1) is 12.3. The maximum atomic E-state index is 12.5. The Bertz CT molecular complexity index is 754. The van der Waals surface area contributed by atoms with Gasteiger partial charge in [0.1, 0.15) is 6.04 Å². The number of amides is 2. The lowest BCUT2D eigenvalue weighted by atomic mass is 10.2. The topological polar surface area (TPSA) is 86.8 Å². The number of hydrogen-bond acceptors (Lipinski definition) is 4. The van der Waals surface area contributed by atoms with Gasteiger partial charge in [0.25, 0.3) is 0 Å². The van der Waals surface area contributed by atoms with Gasteiger partial charge in [0.05, 0.1) is 5.75 Å². The maximum absolute atomic E-state index is 12.5. The van der Waals surface area contributed by atoms with Gasteiger partial charge in [-0.05, 0) is 25.5 Å². The largest absolute Gasteiger partial charge is 0.341 e. The monoisotopic (exact) mass is 379 g/mol. The van der Waals surface area contributed by atoms with Crippen LogP contribution in [0, 0.1) is 0 Å². The van der Waals surface area contributed by atoms with E-state index in [9.17, 15) is 18.0 Å². The SMILES string of the molecule is CCS(=O)(=O)N1CCN(C(=O)C(C)NC(=O)/C=C/c2ccccc2)CC1. The Hall–Kier alpha value is -2.19. The van der Waals surface area contributed by atoms with Gasteiger partial charge in [0, 0.05) is 32.3 Å². The van der Waals surface area contributed by atoms with Gasteiger partial charge < -0.3 is 10.2 Å². The Labute approximate surface area is 154 Å². The van der Waals surface area contributed by atoms with E-state index in [-0.39, 0.29) is 30.7 Å². The number of nitrogens with one attached hydrogen (secondary N) is 1. The molecule has 0 aromatic heterocycles. The van der Waals surface area contributed by atoms with E-state index in [1.54, 1.807) is 24.8 Å². The van der Waals surface area contributed by atoms with Gasteiger partial charge in [-0.3, -0.25) is 9.59 Å². The molecule has 26 heavy (non-hydrogen) atoms. The summed E-state index contributed by atoms with van der Waals surface area (Å²) >= 11 is 0. The molecule has 1 aromatic rings. The standard InChI is InChI=1S/C18H25N3O4S/c1-3-26(24,25)21-13-11-20(12-14-21)18(23)15(2)19-17(22)10-9-16-7-5-4-6-8-16/h4-10,15H,3,11-14H2,1-2H3,(H,19,22)/b10-9+. The molecule has 1 unspecified atom stereocenters. The lowest BCUT2D eigenvalue weighted by molar-refractivity contribution is -0.136. The van der Waals surface area contributed by atoms with Gasteiger partial charge in [0.15, 0.2) is 0 Å². The third kappa shape index (κ3) is 5.40. The summed E-state index contributed by atoms with van der Waals surface area (Å²) in [4.78, 5) is 26.0. The molecule has 1 aromatic carbocycles. The molecule has 8 heteroatoms. The predicted molar refractivity (Wildman–Crippen MR) is 101 cm³/mol. The van der Waals surface area contributed by atoms with Crippen molar-refractivity contribution in [2.75, 3.05) is 31.9 Å². The van der Waals surface area contributed by atoms with E-state index in [1.165, 1.54) is 10.4 Å². The molecule has 2 amide bonds. The number of nitrogens with zero attached hydrogens (tertiary/aromatic N) is 2. The molecule has 2 rings (SSSR count). The number of carbonyl (C=O) groups excluding carboxylic acids is 2. The van der Waals surface area contributed by atoms with E-state index in [2.05, 4.69) is 5.32 Å². The van der Waals surface area contributed by atoms with Gasteiger partial charge in [-0.2, -0.15) is 4.31 Å². The molecular weight excluding hydrogens is 354 g/mol. The van der Waals surface area contributed by atoms with Crippen molar-refractivity contribution in [2.45, 2.75) is 19.9 Å². The van der Waals surface area contributed by atoms with Crippen LogP contribution in [0.2, 0.25) is 0 Å². The first-order valence-corrected chi connectivity index (χ1v) is 10.2. The van der Waals surface area contributed by atoms with E-state index in [0.717, 1.165) is 5.56 Å². The van der Waals surface area contributed by atoms with Gasteiger partial charge in [-0.1, -0.05) is 30.3 Å². The molecule has 142 valence electrons. The fourth-order valence-corrected chi connectivity index (χ4v) is 3.79. The van der Waals surface area contributed by atoms with Crippen LogP contribution in [0.3, 0.4) is 0 Å². The summed E-state index contributed by atoms with van der Waals surface area (Å²) in [5.74, 6) is -0.497. The zero-order chi connectivity index (χ0) is 19.2. The van der Waals surface area contributed by atoms with Crippen molar-refractivity contribution in [3.63, 3.8) is 0 Å². The minimum atomic E-state index is -3.23. The van der Waals surface area contributed by atoms with E-state index < -0.39 is 16.1 Å². The van der Waals surface area contributed by atoms with Crippen LogP contribution in [0.15, 0.2) is 36.4 Å². The molecule has 0 bridgehead atoms. The van der Waals surface area contributed by atoms with Crippen molar-refractivity contribution in [3.8, 4) is 0 Å². The van der Waals surface area contributed by atoms with Crippen LogP contribution in [0.4, 0.5) is 0 Å². The summed E-state index contributed by atoms with van der Waals surface area (Å²) in [5, 5.41) is 2.65. The molecule has 0 radical (unpaired) electrons. The average Bonchev–Trinajstić information content (AvgIpc) is 2.66. The van der Waals surface area contributed by atoms with Gasteiger partial charge >= 0.3 is 0 Å². The molecule has 1 saturated heterocycles. The third-order valence-corrected chi connectivity index (χ3v) is 6.15. The molecule has 0 saturated carbocycles. The fourth-order valence-electron chi connectivity index (χ4n) is 2.70. The molecule has 1 atom stereocenters. The number of hydrogen-bond donors (Lipinski definition) is 1. The maximum Gasteiger partial charge on any atom is 0.244 e. The summed E-state index contributed by atoms with van der Waals surface area (Å²) in [6.07, 6.45) is 3.08. The lowest BCUT2D eigenvalue weighted by Crippen LogP contribution is -2.55. The molecule has 1 heterocycles. The summed E-state index contributed by atoms with van der Waals surface area (Å²) in [6.45, 7) is 4.47. The van der Waals surface area contributed by atoms with Crippen LogP contribution in [0.1, 0.15) is 19.4 Å². The normalized spacial score (nSPS) is 17.2. The Morgan fingerprint density at radius 2 is 1.77 bits per heavy atom. The molecule has 7 nitrogen and oxygen atoms in total. The lowest BCUT2D eigenvalue weighted by Gasteiger charge is -2.35. The zero-order valence-corrected chi connectivity index (χ0v) is 15.9. The van der Waals surface area contributed by atoms with Crippen LogP contribution in [-0.2, 0) is 19.6 Å². The molecule has 1 aliphatic rings. The average molecular weight is 379 g/mol. The first-order valence-electron chi connectivity index (χ1n) is 8.63. The van der Waals surface area contributed by atoms with Crippen molar-refractivity contribution in [2.24, 2.45) is 0 Å². The minimum Gasteiger partial charge on any atom is -0.341 e. The summed E-state index contributed by atoms with van der Waals surface area (Å²) < 4.78 is 25.1. The van der Waals surface area contributed by atoms with Crippen molar-refractivity contribution in [1.82, 2.24) is 14.5 Å². The quantitative estimate of drug-likeness (QED) is 0.737. The Kier molecular flexibility index (Phi) is 6.93. The van der Waals surface area contributed by atoms with Crippen molar-refractivity contribution in [1.29, 1.82) is 0 Å². The van der Waals surface area contributed by atoms with E-state index in [0.29, 0.717) is 13.1 Å². The van der Waals surface area contributed by atoms with Crippen molar-refractivity contribution >= 4 is 27.9 Å². The number of carbonyl (C=O) groups is 2. The van der Waals surface area contributed by atoms with Crippen LogP contribution in [-0.4, -0.2) is 67.4 Å². The fraction of sp³-hybridized carbons (Fsp3) is 0.444. The van der Waals surface area contributed by atoms with Crippen LogP contribution in [0.25, 0.3) is 6.08 Å². The third-order valence-electron chi connectivity index (χ3n) is 4.26. The van der Waals surface area contributed by atoms with Gasteiger partial charge in [-0.25, -0.2) is 8.42 Å². The Morgan fingerprint density at radius 1 is 1.15 bits per heavy atom. The highest BCUT2D eigenvalue weighted by molar-refractivity contribution is 7.89. The number of rotatable bonds is 6. The smallest absolute Gasteiger partial charge is 0.244 e. The van der Waals surface area contributed by atoms with Crippen molar-refractivity contribution in [3.05, 3.63) is 42.0 Å². The van der Waals surface area contributed by atoms with Crippen LogP contribution in [0.5, 0.6) is 0 Å². The molecule has 1 aliphatic heterocycles. The second-order valence-electron chi connectivity index (χ2n) is 6.10. The molecule has 1 fully saturated rings. The summed E-state index contributed by atoms with van der Waals surface area (Å²) in [7, 11) is -3.23. The highest BCUT2D eigenvalue weighted by atomic mass is 32.2. The number of benzene rings is 1. The van der Waals surface area contributed by atoms with Gasteiger partial charge in [0.2, 0.25) is 21.8 Å². The highest BCUT2D eigenvalue weighted by Gasteiger charge is 2.29. The highest BCUT2D eigenvalue weighted by Crippen LogP contribution is 2.09. The molecular formula is C18H25N3O4S. The van der Waals surface area contributed by atoms with E-state index >= 15 is 0 Å². The first kappa shape index (κ1) is 20.1. The Balaban J connectivity index is 1.84. The van der Waals surface area contributed by atoms with Crippen molar-refractivity contribution < 1.29 is 18.0 Å². The molecule has 1 N–H and O–H groups in total. The van der Waals surface area contributed by atoms with Crippen LogP contribution >= 0.6 is 0 Å². The number of piperazine rings is 1. The molecule has 0 aliphatic carbocycles. The van der Waals surface area contributed by atoms with Crippen LogP contribution < -0.4 is 5.32 Å². The van der Waals surface area contributed by atoms with E-state index in [4.69, 9.17) is 0 Å². The zero-order valence-electron chi connectivity index (χ0n) is 15.1. The predicted octanol–water partition coefficient (Wildman–Crippen LogP) is 0.698. The summed E-state index contributed by atoms with van der Waals surface area (Å²) in [6, 6.07) is 8.73. The number of sulfonamides is 1. The van der Waals surface area contributed by atoms with E-state index in [1.807, 2.05) is 30.3 Å². The second-order valence-corrected chi connectivity index (χ2v) is 8.36.